The molecule has 0 unspecified atom stereocenters. The van der Waals surface area contributed by atoms with Gasteiger partial charge in [-0.05, 0) is 23.8 Å². The smallest absolute Gasteiger partial charge is 0.253 e. The fourth-order valence-electron chi connectivity index (χ4n) is 2.53. The van der Waals surface area contributed by atoms with Gasteiger partial charge in [-0.1, -0.05) is 30.3 Å². The molecule has 2 rings (SSSR count). The van der Waals surface area contributed by atoms with E-state index in [1.54, 1.807) is 19.2 Å². The first kappa shape index (κ1) is 19.5. The zero-order valence-corrected chi connectivity index (χ0v) is 15.4. The minimum absolute atomic E-state index is 0.125. The van der Waals surface area contributed by atoms with Crippen LogP contribution in [-0.4, -0.2) is 46.2 Å². The van der Waals surface area contributed by atoms with E-state index in [1.165, 1.54) is 0 Å². The average Bonchev–Trinajstić information content (AvgIpc) is 2.62. The monoisotopic (exact) mass is 355 g/mol. The molecule has 0 saturated heterocycles. The first-order valence-electron chi connectivity index (χ1n) is 8.43. The molecular formula is C20H25N3O3. The largest absolute Gasteiger partial charge is 0.383 e. The third kappa shape index (κ3) is 5.60. The Hall–Kier alpha value is -2.86. The number of methoxy groups -OCH3 is 1. The van der Waals surface area contributed by atoms with Gasteiger partial charge >= 0.3 is 0 Å². The quantitative estimate of drug-likeness (QED) is 0.713. The van der Waals surface area contributed by atoms with E-state index >= 15 is 0 Å². The lowest BCUT2D eigenvalue weighted by Crippen LogP contribution is -2.29. The van der Waals surface area contributed by atoms with Crippen LogP contribution in [0.5, 0.6) is 0 Å². The maximum Gasteiger partial charge on any atom is 0.253 e. The number of hydrogen-bond acceptors (Lipinski definition) is 4. The predicted molar refractivity (Wildman–Crippen MR) is 104 cm³/mol. The molecule has 26 heavy (non-hydrogen) atoms. The summed E-state index contributed by atoms with van der Waals surface area (Å²) in [5.74, 6) is -0.329. The Bertz CT molecular complexity index is 745. The highest BCUT2D eigenvalue weighted by Gasteiger charge is 2.14. The Morgan fingerprint density at radius 1 is 1.08 bits per heavy atom. The van der Waals surface area contributed by atoms with Gasteiger partial charge in [0.2, 0.25) is 5.91 Å². The molecule has 2 amide bonds. The van der Waals surface area contributed by atoms with Crippen molar-refractivity contribution in [3.63, 3.8) is 0 Å². The number of carbonyl (C=O) groups excluding carboxylic acids is 2. The SMILES string of the molecule is COCCNC(=O)c1cc(NC(=O)Cc2ccccc2)ccc1N(C)C. The molecule has 0 radical (unpaired) electrons. The van der Waals surface area contributed by atoms with Gasteiger partial charge in [-0.2, -0.15) is 0 Å². The number of ether oxygens (including phenoxy) is 1. The van der Waals surface area contributed by atoms with Crippen molar-refractivity contribution in [2.75, 3.05) is 44.6 Å². The van der Waals surface area contributed by atoms with Crippen molar-refractivity contribution in [2.45, 2.75) is 6.42 Å². The Labute approximate surface area is 154 Å². The molecule has 0 fully saturated rings. The van der Waals surface area contributed by atoms with Gasteiger partial charge in [0, 0.05) is 39.1 Å². The number of amides is 2. The highest BCUT2D eigenvalue weighted by molar-refractivity contribution is 6.02. The topological polar surface area (TPSA) is 70.7 Å². The van der Waals surface area contributed by atoms with E-state index in [0.717, 1.165) is 11.3 Å². The summed E-state index contributed by atoms with van der Waals surface area (Å²) < 4.78 is 4.96. The lowest BCUT2D eigenvalue weighted by Gasteiger charge is -2.18. The maximum atomic E-state index is 12.5. The zero-order chi connectivity index (χ0) is 18.9. The highest BCUT2D eigenvalue weighted by atomic mass is 16.5. The maximum absolute atomic E-state index is 12.5. The van der Waals surface area contributed by atoms with Crippen LogP contribution in [0.2, 0.25) is 0 Å². The van der Waals surface area contributed by atoms with Crippen LogP contribution in [-0.2, 0) is 16.0 Å². The number of benzene rings is 2. The van der Waals surface area contributed by atoms with Crippen LogP contribution in [0.1, 0.15) is 15.9 Å². The first-order valence-corrected chi connectivity index (χ1v) is 8.43. The molecule has 6 heteroatoms. The second kappa shape index (κ2) is 9.58. The Morgan fingerprint density at radius 3 is 2.46 bits per heavy atom. The Balaban J connectivity index is 2.12. The molecular weight excluding hydrogens is 330 g/mol. The first-order chi connectivity index (χ1) is 12.5. The number of carbonyl (C=O) groups is 2. The van der Waals surface area contributed by atoms with E-state index in [4.69, 9.17) is 4.74 Å². The standard InChI is InChI=1S/C20H25N3O3/c1-23(2)18-10-9-16(14-17(18)20(25)21-11-12-26-3)22-19(24)13-15-7-5-4-6-8-15/h4-10,14H,11-13H2,1-3H3,(H,21,25)(H,22,24). The minimum Gasteiger partial charge on any atom is -0.383 e. The average molecular weight is 355 g/mol. The molecule has 0 bridgehead atoms. The molecule has 0 aliphatic carbocycles. The molecule has 0 aliphatic rings. The van der Waals surface area contributed by atoms with Crippen molar-refractivity contribution in [1.29, 1.82) is 0 Å². The van der Waals surface area contributed by atoms with Gasteiger partial charge in [0.25, 0.3) is 5.91 Å². The number of nitrogens with one attached hydrogen (secondary N) is 2. The number of rotatable bonds is 8. The van der Waals surface area contributed by atoms with E-state index in [9.17, 15) is 9.59 Å². The van der Waals surface area contributed by atoms with E-state index in [1.807, 2.05) is 55.4 Å². The van der Waals surface area contributed by atoms with Crippen LogP contribution in [0.4, 0.5) is 11.4 Å². The number of hydrogen-bond donors (Lipinski definition) is 2. The van der Waals surface area contributed by atoms with E-state index in [0.29, 0.717) is 24.4 Å². The summed E-state index contributed by atoms with van der Waals surface area (Å²) in [5.41, 5.74) is 2.81. The van der Waals surface area contributed by atoms with Gasteiger partial charge in [0.1, 0.15) is 0 Å². The van der Waals surface area contributed by atoms with E-state index in [-0.39, 0.29) is 18.2 Å². The highest BCUT2D eigenvalue weighted by Crippen LogP contribution is 2.23. The van der Waals surface area contributed by atoms with Gasteiger partial charge in [-0.25, -0.2) is 0 Å². The summed E-state index contributed by atoms with van der Waals surface area (Å²) in [6.07, 6.45) is 0.283. The summed E-state index contributed by atoms with van der Waals surface area (Å²) in [6, 6.07) is 14.8. The summed E-state index contributed by atoms with van der Waals surface area (Å²) in [6.45, 7) is 0.864. The lowest BCUT2D eigenvalue weighted by atomic mass is 10.1. The lowest BCUT2D eigenvalue weighted by molar-refractivity contribution is -0.115. The van der Waals surface area contributed by atoms with Crippen molar-refractivity contribution < 1.29 is 14.3 Å². The number of anilines is 2. The van der Waals surface area contributed by atoms with Crippen LogP contribution in [0, 0.1) is 0 Å². The van der Waals surface area contributed by atoms with Crippen LogP contribution >= 0.6 is 0 Å². The van der Waals surface area contributed by atoms with Gasteiger partial charge in [-0.15, -0.1) is 0 Å². The van der Waals surface area contributed by atoms with Crippen molar-refractivity contribution in [2.24, 2.45) is 0 Å². The fourth-order valence-corrected chi connectivity index (χ4v) is 2.53. The van der Waals surface area contributed by atoms with Gasteiger partial charge in [0.15, 0.2) is 0 Å². The van der Waals surface area contributed by atoms with Crippen molar-refractivity contribution in [3.8, 4) is 0 Å². The molecule has 2 N–H and O–H groups in total. The number of nitrogens with zero attached hydrogens (tertiary/aromatic N) is 1. The van der Waals surface area contributed by atoms with Gasteiger partial charge < -0.3 is 20.3 Å². The van der Waals surface area contributed by atoms with Crippen molar-refractivity contribution >= 4 is 23.2 Å². The molecule has 2 aromatic carbocycles. The van der Waals surface area contributed by atoms with E-state index < -0.39 is 0 Å². The van der Waals surface area contributed by atoms with Crippen molar-refractivity contribution in [1.82, 2.24) is 5.32 Å². The second-order valence-electron chi connectivity index (χ2n) is 6.09. The fraction of sp³-hybridized carbons (Fsp3) is 0.300. The molecule has 6 nitrogen and oxygen atoms in total. The van der Waals surface area contributed by atoms with Crippen LogP contribution in [0.15, 0.2) is 48.5 Å². The van der Waals surface area contributed by atoms with E-state index in [2.05, 4.69) is 10.6 Å². The third-order valence-corrected chi connectivity index (χ3v) is 3.81. The molecule has 0 heterocycles. The molecule has 0 aliphatic heterocycles. The third-order valence-electron chi connectivity index (χ3n) is 3.81. The summed E-state index contributed by atoms with van der Waals surface area (Å²) in [7, 11) is 5.32. The molecule has 0 saturated carbocycles. The van der Waals surface area contributed by atoms with Crippen LogP contribution in [0.25, 0.3) is 0 Å². The summed E-state index contributed by atoms with van der Waals surface area (Å²) in [5, 5.41) is 5.67. The molecule has 0 spiro atoms. The van der Waals surface area contributed by atoms with Gasteiger partial charge in [-0.3, -0.25) is 9.59 Å². The Morgan fingerprint density at radius 2 is 1.81 bits per heavy atom. The molecule has 138 valence electrons. The van der Waals surface area contributed by atoms with Crippen molar-refractivity contribution in [3.05, 3.63) is 59.7 Å². The van der Waals surface area contributed by atoms with Crippen LogP contribution in [0.3, 0.4) is 0 Å². The summed E-state index contributed by atoms with van der Waals surface area (Å²) >= 11 is 0. The van der Waals surface area contributed by atoms with Gasteiger partial charge in [0.05, 0.1) is 18.6 Å². The molecule has 0 aromatic heterocycles. The molecule has 0 atom stereocenters. The Kier molecular flexibility index (Phi) is 7.17. The summed E-state index contributed by atoms with van der Waals surface area (Å²) in [4.78, 5) is 26.6. The molecule has 2 aromatic rings. The minimum atomic E-state index is -0.204. The second-order valence-corrected chi connectivity index (χ2v) is 6.09. The van der Waals surface area contributed by atoms with Crippen LogP contribution < -0.4 is 15.5 Å². The normalized spacial score (nSPS) is 10.3. The zero-order valence-electron chi connectivity index (χ0n) is 15.4. The predicted octanol–water partition coefficient (Wildman–Crippen LogP) is 2.31.